The predicted octanol–water partition coefficient (Wildman–Crippen LogP) is 3.71. The Morgan fingerprint density at radius 3 is 2.90 bits per heavy atom. The zero-order valence-corrected chi connectivity index (χ0v) is 12.3. The quantitative estimate of drug-likeness (QED) is 0.750. The van der Waals surface area contributed by atoms with Crippen LogP contribution in [0.4, 0.5) is 5.13 Å². The maximum atomic E-state index is 11.8. The van der Waals surface area contributed by atoms with E-state index in [1.807, 2.05) is 36.6 Å². The highest BCUT2D eigenvalue weighted by Crippen LogP contribution is 2.22. The Bertz CT molecular complexity index is 755. The fourth-order valence-electron chi connectivity index (χ4n) is 1.67. The first-order chi connectivity index (χ1) is 9.70. The summed E-state index contributed by atoms with van der Waals surface area (Å²) in [7, 11) is 0. The number of amides is 1. The highest BCUT2D eigenvalue weighted by molar-refractivity contribution is 7.19. The predicted molar refractivity (Wildman–Crippen MR) is 84.1 cm³/mol. The molecule has 3 rings (SSSR count). The summed E-state index contributed by atoms with van der Waals surface area (Å²) in [6.45, 7) is 1.89. The van der Waals surface area contributed by atoms with Crippen LogP contribution in [-0.2, 0) is 4.79 Å². The van der Waals surface area contributed by atoms with E-state index in [0.29, 0.717) is 5.13 Å². The van der Waals surface area contributed by atoms with Gasteiger partial charge in [-0.15, -0.1) is 22.7 Å². The largest absolute Gasteiger partial charge is 0.298 e. The topological polar surface area (TPSA) is 54.9 Å². The minimum atomic E-state index is -0.196. The van der Waals surface area contributed by atoms with Crippen LogP contribution in [0.15, 0.2) is 35.7 Å². The first-order valence-electron chi connectivity index (χ1n) is 5.97. The highest BCUT2D eigenvalue weighted by atomic mass is 32.1. The third kappa shape index (κ3) is 2.92. The molecule has 1 amide bonds. The van der Waals surface area contributed by atoms with Crippen LogP contribution in [0.25, 0.3) is 16.3 Å². The van der Waals surface area contributed by atoms with E-state index in [9.17, 15) is 4.79 Å². The Morgan fingerprint density at radius 1 is 1.30 bits per heavy atom. The van der Waals surface area contributed by atoms with Crippen molar-refractivity contribution in [3.63, 3.8) is 0 Å². The fraction of sp³-hybridized carbons (Fsp3) is 0.0714. The molecule has 0 radical (unpaired) electrons. The van der Waals surface area contributed by atoms with Gasteiger partial charge in [0.2, 0.25) is 5.91 Å². The van der Waals surface area contributed by atoms with Crippen LogP contribution in [0.2, 0.25) is 0 Å². The summed E-state index contributed by atoms with van der Waals surface area (Å²) in [6.07, 6.45) is 3.20. The van der Waals surface area contributed by atoms with Gasteiger partial charge in [-0.25, -0.2) is 9.97 Å². The lowest BCUT2D eigenvalue weighted by Crippen LogP contribution is -2.07. The number of rotatable bonds is 3. The van der Waals surface area contributed by atoms with Crippen molar-refractivity contribution in [2.24, 2.45) is 0 Å². The Balaban J connectivity index is 1.71. The monoisotopic (exact) mass is 301 g/mol. The molecule has 20 heavy (non-hydrogen) atoms. The third-order valence-electron chi connectivity index (χ3n) is 2.54. The summed E-state index contributed by atoms with van der Waals surface area (Å²) in [5.41, 5.74) is 1.86. The molecule has 0 fully saturated rings. The Kier molecular flexibility index (Phi) is 3.58. The Morgan fingerprint density at radius 2 is 2.15 bits per heavy atom. The molecule has 4 nitrogen and oxygen atoms in total. The standard InChI is InChI=1S/C14H11N3OS2/c1-9-8-19-14(15-9)17-12(18)6-7-13-16-10-4-2-3-5-11(10)20-13/h2-8H,1H3,(H,15,17,18)/b7-6+. The summed E-state index contributed by atoms with van der Waals surface area (Å²) in [5.74, 6) is -0.196. The molecule has 3 aromatic rings. The summed E-state index contributed by atoms with van der Waals surface area (Å²) >= 11 is 2.97. The molecular weight excluding hydrogens is 290 g/mol. The van der Waals surface area contributed by atoms with E-state index in [0.717, 1.165) is 20.9 Å². The van der Waals surface area contributed by atoms with E-state index < -0.39 is 0 Å². The number of hydrogen-bond donors (Lipinski definition) is 1. The summed E-state index contributed by atoms with van der Waals surface area (Å²) in [6, 6.07) is 7.91. The number of aryl methyl sites for hydroxylation is 1. The zero-order valence-electron chi connectivity index (χ0n) is 10.7. The minimum Gasteiger partial charge on any atom is -0.298 e. The van der Waals surface area contributed by atoms with E-state index in [-0.39, 0.29) is 5.91 Å². The molecule has 1 aromatic carbocycles. The number of nitrogens with zero attached hydrogens (tertiary/aromatic N) is 2. The molecule has 1 N–H and O–H groups in total. The second kappa shape index (κ2) is 5.52. The first-order valence-corrected chi connectivity index (χ1v) is 7.67. The summed E-state index contributed by atoms with van der Waals surface area (Å²) < 4.78 is 1.11. The number of thiazole rings is 2. The van der Waals surface area contributed by atoms with Gasteiger partial charge in [0, 0.05) is 11.5 Å². The molecule has 0 aliphatic rings. The first kappa shape index (κ1) is 13.0. The number of nitrogens with one attached hydrogen (secondary N) is 1. The maximum Gasteiger partial charge on any atom is 0.250 e. The van der Waals surface area contributed by atoms with Crippen LogP contribution in [-0.4, -0.2) is 15.9 Å². The van der Waals surface area contributed by atoms with E-state index in [4.69, 9.17) is 0 Å². The van der Waals surface area contributed by atoms with Crippen LogP contribution in [0, 0.1) is 6.92 Å². The smallest absolute Gasteiger partial charge is 0.250 e. The van der Waals surface area contributed by atoms with Gasteiger partial charge in [0.25, 0.3) is 0 Å². The molecule has 0 bridgehead atoms. The van der Waals surface area contributed by atoms with Crippen molar-refractivity contribution in [2.75, 3.05) is 5.32 Å². The van der Waals surface area contributed by atoms with Crippen LogP contribution in [0.5, 0.6) is 0 Å². The van der Waals surface area contributed by atoms with E-state index in [2.05, 4.69) is 15.3 Å². The molecule has 0 saturated carbocycles. The normalized spacial score (nSPS) is 11.2. The molecule has 0 spiro atoms. The van der Waals surface area contributed by atoms with Gasteiger partial charge >= 0.3 is 0 Å². The Hall–Kier alpha value is -2.05. The van der Waals surface area contributed by atoms with Gasteiger partial charge < -0.3 is 0 Å². The van der Waals surface area contributed by atoms with Crippen molar-refractivity contribution in [1.82, 2.24) is 9.97 Å². The van der Waals surface area contributed by atoms with E-state index in [1.54, 1.807) is 17.4 Å². The minimum absolute atomic E-state index is 0.196. The number of carbonyl (C=O) groups is 1. The summed E-state index contributed by atoms with van der Waals surface area (Å²) in [5, 5.41) is 6.05. The summed E-state index contributed by atoms with van der Waals surface area (Å²) in [4.78, 5) is 20.4. The lowest BCUT2D eigenvalue weighted by Gasteiger charge is -1.94. The number of carbonyl (C=O) groups excluding carboxylic acids is 1. The van der Waals surface area contributed by atoms with Crippen LogP contribution >= 0.6 is 22.7 Å². The average Bonchev–Trinajstić information content (AvgIpc) is 3.02. The van der Waals surface area contributed by atoms with Gasteiger partial charge in [-0.2, -0.15) is 0 Å². The molecule has 0 atom stereocenters. The van der Waals surface area contributed by atoms with Crippen LogP contribution in [0.1, 0.15) is 10.7 Å². The van der Waals surface area contributed by atoms with Gasteiger partial charge in [-0.1, -0.05) is 12.1 Å². The number of para-hydroxylation sites is 1. The van der Waals surface area contributed by atoms with Crippen molar-refractivity contribution in [2.45, 2.75) is 6.92 Å². The molecule has 2 aromatic heterocycles. The number of benzene rings is 1. The molecule has 100 valence electrons. The lowest BCUT2D eigenvalue weighted by atomic mass is 10.3. The number of fused-ring (bicyclic) bond motifs is 1. The van der Waals surface area contributed by atoms with Crippen molar-refractivity contribution in [3.8, 4) is 0 Å². The average molecular weight is 301 g/mol. The number of anilines is 1. The van der Waals surface area contributed by atoms with Gasteiger partial charge in [-0.3, -0.25) is 10.1 Å². The lowest BCUT2D eigenvalue weighted by molar-refractivity contribution is -0.111. The van der Waals surface area contributed by atoms with Crippen molar-refractivity contribution in [3.05, 3.63) is 46.4 Å². The maximum absolute atomic E-state index is 11.8. The van der Waals surface area contributed by atoms with Gasteiger partial charge in [0.05, 0.1) is 15.9 Å². The molecule has 2 heterocycles. The molecule has 6 heteroatoms. The van der Waals surface area contributed by atoms with Crippen molar-refractivity contribution >= 4 is 50.0 Å². The van der Waals surface area contributed by atoms with E-state index in [1.165, 1.54) is 17.4 Å². The molecule has 0 aliphatic heterocycles. The van der Waals surface area contributed by atoms with Gasteiger partial charge in [0.1, 0.15) is 5.01 Å². The molecule has 0 aliphatic carbocycles. The van der Waals surface area contributed by atoms with Crippen LogP contribution < -0.4 is 5.32 Å². The van der Waals surface area contributed by atoms with Crippen LogP contribution in [0.3, 0.4) is 0 Å². The zero-order chi connectivity index (χ0) is 13.9. The second-order valence-corrected chi connectivity index (χ2v) is 6.06. The van der Waals surface area contributed by atoms with Crippen molar-refractivity contribution in [1.29, 1.82) is 0 Å². The second-order valence-electron chi connectivity index (χ2n) is 4.14. The van der Waals surface area contributed by atoms with Gasteiger partial charge in [-0.05, 0) is 25.1 Å². The van der Waals surface area contributed by atoms with Crippen molar-refractivity contribution < 1.29 is 4.79 Å². The van der Waals surface area contributed by atoms with E-state index >= 15 is 0 Å². The third-order valence-corrected chi connectivity index (χ3v) is 4.41. The SMILES string of the molecule is Cc1csc(NC(=O)/C=C/c2nc3ccccc3s2)n1. The number of hydrogen-bond acceptors (Lipinski definition) is 5. The molecule has 0 saturated heterocycles. The molecule has 0 unspecified atom stereocenters. The van der Waals surface area contributed by atoms with Gasteiger partial charge in [0.15, 0.2) is 5.13 Å². The molecular formula is C14H11N3OS2. The highest BCUT2D eigenvalue weighted by Gasteiger charge is 2.03. The Labute approximate surface area is 123 Å². The number of aromatic nitrogens is 2. The fourth-order valence-corrected chi connectivity index (χ4v) is 3.23.